The standard InChI is InChI=1S/C17H21ClFN3O2/c1-9-11(3)21-17(22-12(9)4)20-7-13(23)8-24-15-6-5-14(19)10(2)16(15)18/h5-6,13,23H,7-8H2,1-4H3,(H,20,21,22)/t13-/m1/s1. The Kier molecular flexibility index (Phi) is 5.96. The summed E-state index contributed by atoms with van der Waals surface area (Å²) in [5, 5.41) is 13.2. The lowest BCUT2D eigenvalue weighted by molar-refractivity contribution is 0.117. The van der Waals surface area contributed by atoms with Crippen molar-refractivity contribution in [3.8, 4) is 5.75 Å². The molecule has 2 aromatic rings. The van der Waals surface area contributed by atoms with E-state index in [2.05, 4.69) is 15.3 Å². The van der Waals surface area contributed by atoms with E-state index in [9.17, 15) is 9.50 Å². The largest absolute Gasteiger partial charge is 0.489 e. The first-order valence-electron chi connectivity index (χ1n) is 7.60. The molecule has 1 heterocycles. The molecule has 2 rings (SSSR count). The molecule has 24 heavy (non-hydrogen) atoms. The van der Waals surface area contributed by atoms with Gasteiger partial charge in [0.05, 0.1) is 5.02 Å². The van der Waals surface area contributed by atoms with Crippen LogP contribution in [-0.4, -0.2) is 34.3 Å². The SMILES string of the molecule is Cc1nc(NC[C@@H](O)COc2ccc(F)c(C)c2Cl)nc(C)c1C. The maximum Gasteiger partial charge on any atom is 0.223 e. The smallest absolute Gasteiger partial charge is 0.223 e. The molecule has 0 bridgehead atoms. The van der Waals surface area contributed by atoms with E-state index in [1.807, 2.05) is 20.8 Å². The average molecular weight is 354 g/mol. The van der Waals surface area contributed by atoms with Gasteiger partial charge in [-0.25, -0.2) is 14.4 Å². The zero-order valence-corrected chi connectivity index (χ0v) is 14.9. The van der Waals surface area contributed by atoms with Crippen molar-refractivity contribution in [3.05, 3.63) is 45.5 Å². The molecule has 0 saturated heterocycles. The molecule has 0 fully saturated rings. The maximum atomic E-state index is 13.3. The summed E-state index contributed by atoms with van der Waals surface area (Å²) in [5.41, 5.74) is 3.15. The number of rotatable bonds is 6. The van der Waals surface area contributed by atoms with Crippen molar-refractivity contribution in [2.75, 3.05) is 18.5 Å². The molecular weight excluding hydrogens is 333 g/mol. The van der Waals surface area contributed by atoms with Gasteiger partial charge in [0.25, 0.3) is 0 Å². The zero-order valence-electron chi connectivity index (χ0n) is 14.2. The molecule has 0 amide bonds. The monoisotopic (exact) mass is 353 g/mol. The second kappa shape index (κ2) is 7.77. The molecule has 130 valence electrons. The molecule has 1 aromatic carbocycles. The predicted octanol–water partition coefficient (Wildman–Crippen LogP) is 3.35. The van der Waals surface area contributed by atoms with Gasteiger partial charge >= 0.3 is 0 Å². The zero-order chi connectivity index (χ0) is 17.9. The molecule has 0 aliphatic rings. The van der Waals surface area contributed by atoms with E-state index >= 15 is 0 Å². The quantitative estimate of drug-likeness (QED) is 0.833. The first-order valence-corrected chi connectivity index (χ1v) is 7.98. The van der Waals surface area contributed by atoms with Gasteiger partial charge in [-0.1, -0.05) is 11.6 Å². The number of benzene rings is 1. The van der Waals surface area contributed by atoms with Crippen molar-refractivity contribution in [1.29, 1.82) is 0 Å². The van der Waals surface area contributed by atoms with Crippen LogP contribution in [-0.2, 0) is 0 Å². The van der Waals surface area contributed by atoms with Gasteiger partial charge in [-0.2, -0.15) is 0 Å². The third kappa shape index (κ3) is 4.33. The van der Waals surface area contributed by atoms with E-state index in [1.54, 1.807) is 6.92 Å². The van der Waals surface area contributed by atoms with Gasteiger partial charge < -0.3 is 15.2 Å². The summed E-state index contributed by atoms with van der Waals surface area (Å²) in [7, 11) is 0. The van der Waals surface area contributed by atoms with Crippen molar-refractivity contribution in [2.24, 2.45) is 0 Å². The van der Waals surface area contributed by atoms with Crippen LogP contribution < -0.4 is 10.1 Å². The van der Waals surface area contributed by atoms with E-state index in [0.29, 0.717) is 17.3 Å². The number of halogens is 2. The molecule has 7 heteroatoms. The Balaban J connectivity index is 1.90. The van der Waals surface area contributed by atoms with Crippen LogP contribution in [0.3, 0.4) is 0 Å². The molecule has 5 nitrogen and oxygen atoms in total. The van der Waals surface area contributed by atoms with Crippen molar-refractivity contribution in [3.63, 3.8) is 0 Å². The highest BCUT2D eigenvalue weighted by molar-refractivity contribution is 6.32. The third-order valence-corrected chi connectivity index (χ3v) is 4.31. The highest BCUT2D eigenvalue weighted by Gasteiger charge is 2.12. The van der Waals surface area contributed by atoms with Gasteiger partial charge in [0.1, 0.15) is 24.3 Å². The summed E-state index contributed by atoms with van der Waals surface area (Å²) in [6.45, 7) is 7.59. The molecule has 0 spiro atoms. The van der Waals surface area contributed by atoms with Gasteiger partial charge in [-0.3, -0.25) is 0 Å². The highest BCUT2D eigenvalue weighted by atomic mass is 35.5. The minimum atomic E-state index is -0.794. The Hall–Kier alpha value is -1.92. The lowest BCUT2D eigenvalue weighted by atomic mass is 10.2. The van der Waals surface area contributed by atoms with E-state index in [-0.39, 0.29) is 18.2 Å². The number of aryl methyl sites for hydroxylation is 2. The number of hydrogen-bond acceptors (Lipinski definition) is 5. The first-order chi connectivity index (χ1) is 11.3. The second-order valence-electron chi connectivity index (χ2n) is 5.67. The molecular formula is C17H21ClFN3O2. The fourth-order valence-corrected chi connectivity index (χ4v) is 2.26. The van der Waals surface area contributed by atoms with Crippen LogP contribution in [0.5, 0.6) is 5.75 Å². The topological polar surface area (TPSA) is 67.3 Å². The fourth-order valence-electron chi connectivity index (χ4n) is 2.05. The van der Waals surface area contributed by atoms with E-state index < -0.39 is 11.9 Å². The van der Waals surface area contributed by atoms with Crippen LogP contribution in [0.4, 0.5) is 10.3 Å². The number of aromatic nitrogens is 2. The van der Waals surface area contributed by atoms with Gasteiger partial charge in [0.2, 0.25) is 5.95 Å². The molecule has 1 aromatic heterocycles. The average Bonchev–Trinajstić information content (AvgIpc) is 2.55. The lowest BCUT2D eigenvalue weighted by Crippen LogP contribution is -2.27. The number of aliphatic hydroxyl groups excluding tert-OH is 1. The van der Waals surface area contributed by atoms with Crippen LogP contribution in [0.2, 0.25) is 5.02 Å². The Morgan fingerprint density at radius 2 is 1.79 bits per heavy atom. The third-order valence-electron chi connectivity index (χ3n) is 3.84. The number of ether oxygens (including phenoxy) is 1. The number of nitrogens with zero attached hydrogens (tertiary/aromatic N) is 2. The summed E-state index contributed by atoms with van der Waals surface area (Å²) in [5.74, 6) is 0.412. The van der Waals surface area contributed by atoms with Crippen LogP contribution in [0.25, 0.3) is 0 Å². The summed E-state index contributed by atoms with van der Waals surface area (Å²) < 4.78 is 18.8. The van der Waals surface area contributed by atoms with Gasteiger partial charge in [-0.05, 0) is 45.4 Å². The molecule has 0 saturated carbocycles. The summed E-state index contributed by atoms with van der Waals surface area (Å²) in [4.78, 5) is 8.64. The van der Waals surface area contributed by atoms with Crippen molar-refractivity contribution < 1.29 is 14.2 Å². The van der Waals surface area contributed by atoms with Crippen molar-refractivity contribution >= 4 is 17.5 Å². The van der Waals surface area contributed by atoms with E-state index in [0.717, 1.165) is 17.0 Å². The second-order valence-corrected chi connectivity index (χ2v) is 6.05. The van der Waals surface area contributed by atoms with E-state index in [1.165, 1.54) is 12.1 Å². The van der Waals surface area contributed by atoms with Crippen LogP contribution >= 0.6 is 11.6 Å². The Morgan fingerprint density at radius 3 is 2.42 bits per heavy atom. The van der Waals surface area contributed by atoms with Crippen molar-refractivity contribution in [1.82, 2.24) is 9.97 Å². The Morgan fingerprint density at radius 1 is 1.17 bits per heavy atom. The molecule has 0 aliphatic carbocycles. The molecule has 2 N–H and O–H groups in total. The Bertz CT molecular complexity index is 717. The number of anilines is 1. The molecule has 0 unspecified atom stereocenters. The maximum absolute atomic E-state index is 13.3. The van der Waals surface area contributed by atoms with Crippen LogP contribution in [0.1, 0.15) is 22.5 Å². The number of hydrogen-bond donors (Lipinski definition) is 2. The number of aliphatic hydroxyl groups is 1. The van der Waals surface area contributed by atoms with Gasteiger partial charge in [0, 0.05) is 23.5 Å². The fraction of sp³-hybridized carbons (Fsp3) is 0.412. The first kappa shape index (κ1) is 18.4. The summed E-state index contributed by atoms with van der Waals surface area (Å²) >= 11 is 6.02. The summed E-state index contributed by atoms with van der Waals surface area (Å²) in [6.07, 6.45) is -0.794. The molecule has 0 radical (unpaired) electrons. The Labute approximate surface area is 145 Å². The lowest BCUT2D eigenvalue weighted by Gasteiger charge is -2.15. The van der Waals surface area contributed by atoms with Gasteiger partial charge in [0.15, 0.2) is 0 Å². The van der Waals surface area contributed by atoms with E-state index in [4.69, 9.17) is 16.3 Å². The summed E-state index contributed by atoms with van der Waals surface area (Å²) in [6, 6.07) is 2.73. The number of nitrogens with one attached hydrogen (secondary N) is 1. The predicted molar refractivity (Wildman–Crippen MR) is 92.4 cm³/mol. The normalized spacial score (nSPS) is 12.1. The van der Waals surface area contributed by atoms with Crippen LogP contribution in [0.15, 0.2) is 12.1 Å². The van der Waals surface area contributed by atoms with Crippen LogP contribution in [0, 0.1) is 33.5 Å². The minimum absolute atomic E-state index is 0.0155. The molecule has 0 aliphatic heterocycles. The minimum Gasteiger partial charge on any atom is -0.489 e. The molecule has 1 atom stereocenters. The van der Waals surface area contributed by atoms with Gasteiger partial charge in [-0.15, -0.1) is 0 Å². The highest BCUT2D eigenvalue weighted by Crippen LogP contribution is 2.29. The van der Waals surface area contributed by atoms with Crippen molar-refractivity contribution in [2.45, 2.75) is 33.8 Å².